The molecule has 1 aromatic heterocycles. The van der Waals surface area contributed by atoms with Gasteiger partial charge in [-0.2, -0.15) is 0 Å². The Morgan fingerprint density at radius 2 is 2.04 bits per heavy atom. The quantitative estimate of drug-likeness (QED) is 0.195. The molecular formula is C18H33IN6. The molecule has 6 nitrogen and oxygen atoms in total. The summed E-state index contributed by atoms with van der Waals surface area (Å²) in [6.07, 6.45) is 11.5. The average Bonchev–Trinajstić information content (AvgIpc) is 3.21. The molecule has 142 valence electrons. The second-order valence-corrected chi connectivity index (χ2v) is 6.63. The highest BCUT2D eigenvalue weighted by molar-refractivity contribution is 14.0. The molecule has 1 heterocycles. The van der Waals surface area contributed by atoms with Gasteiger partial charge in [0.2, 0.25) is 0 Å². The molecule has 0 saturated heterocycles. The van der Waals surface area contributed by atoms with E-state index >= 15 is 0 Å². The molecule has 0 bridgehead atoms. The van der Waals surface area contributed by atoms with Crippen LogP contribution in [0.5, 0.6) is 0 Å². The number of hydrogen-bond donors (Lipinski definition) is 2. The molecule has 1 fully saturated rings. The van der Waals surface area contributed by atoms with Crippen molar-refractivity contribution < 1.29 is 0 Å². The Labute approximate surface area is 169 Å². The van der Waals surface area contributed by atoms with Crippen LogP contribution >= 0.6 is 24.0 Å². The van der Waals surface area contributed by atoms with Gasteiger partial charge >= 0.3 is 0 Å². The Balaban J connectivity index is 0.00000312. The van der Waals surface area contributed by atoms with E-state index in [1.165, 1.54) is 44.9 Å². The van der Waals surface area contributed by atoms with Crippen molar-refractivity contribution in [3.8, 4) is 0 Å². The number of rotatable bonds is 9. The maximum atomic E-state index is 4.60. The summed E-state index contributed by atoms with van der Waals surface area (Å²) in [5.41, 5.74) is 0. The highest BCUT2D eigenvalue weighted by atomic mass is 127. The lowest BCUT2D eigenvalue weighted by Crippen LogP contribution is -2.38. The van der Waals surface area contributed by atoms with Gasteiger partial charge in [-0.1, -0.05) is 44.6 Å². The molecule has 1 aliphatic rings. The number of guanidine groups is 1. The topological polar surface area (TPSA) is 67.1 Å². The van der Waals surface area contributed by atoms with Crippen LogP contribution in [0.25, 0.3) is 0 Å². The number of hydrogen-bond acceptors (Lipinski definition) is 3. The van der Waals surface area contributed by atoms with Crippen LogP contribution in [-0.4, -0.2) is 33.8 Å². The van der Waals surface area contributed by atoms with Gasteiger partial charge in [0, 0.05) is 20.1 Å². The van der Waals surface area contributed by atoms with Crippen LogP contribution in [0.3, 0.4) is 0 Å². The van der Waals surface area contributed by atoms with E-state index in [0.717, 1.165) is 30.1 Å². The molecule has 2 rings (SSSR count). The number of nitrogens with zero attached hydrogens (tertiary/aromatic N) is 4. The number of aromatic nitrogens is 3. The lowest BCUT2D eigenvalue weighted by Gasteiger charge is -2.12. The largest absolute Gasteiger partial charge is 0.356 e. The van der Waals surface area contributed by atoms with Crippen LogP contribution in [0.15, 0.2) is 17.6 Å². The van der Waals surface area contributed by atoms with E-state index in [1.54, 1.807) is 0 Å². The van der Waals surface area contributed by atoms with Gasteiger partial charge in [-0.05, 0) is 19.3 Å². The molecule has 7 heteroatoms. The highest BCUT2D eigenvalue weighted by Gasteiger charge is 2.13. The SMILES string of the molecule is C=CCNC(=NCc1nnc(C)n1C)NCCCCC1CCCC1.I. The average molecular weight is 460 g/mol. The summed E-state index contributed by atoms with van der Waals surface area (Å²) >= 11 is 0. The van der Waals surface area contributed by atoms with Crippen LogP contribution in [0, 0.1) is 12.8 Å². The van der Waals surface area contributed by atoms with E-state index in [0.29, 0.717) is 13.1 Å². The van der Waals surface area contributed by atoms with E-state index < -0.39 is 0 Å². The molecule has 0 aliphatic heterocycles. The van der Waals surface area contributed by atoms with Gasteiger partial charge in [-0.15, -0.1) is 40.8 Å². The molecule has 0 atom stereocenters. The maximum Gasteiger partial charge on any atom is 0.191 e. The van der Waals surface area contributed by atoms with Gasteiger partial charge in [-0.3, -0.25) is 0 Å². The van der Waals surface area contributed by atoms with Crippen molar-refractivity contribution in [3.05, 3.63) is 24.3 Å². The highest BCUT2D eigenvalue weighted by Crippen LogP contribution is 2.28. The second kappa shape index (κ2) is 12.3. The summed E-state index contributed by atoms with van der Waals surface area (Å²) in [6.45, 7) is 7.87. The third kappa shape index (κ3) is 7.75. The first kappa shape index (κ1) is 21.9. The molecule has 0 unspecified atom stereocenters. The summed E-state index contributed by atoms with van der Waals surface area (Å²) in [4.78, 5) is 4.60. The summed E-state index contributed by atoms with van der Waals surface area (Å²) in [7, 11) is 1.97. The van der Waals surface area contributed by atoms with E-state index in [2.05, 4.69) is 32.4 Å². The monoisotopic (exact) mass is 460 g/mol. The van der Waals surface area contributed by atoms with Gasteiger partial charge in [0.25, 0.3) is 0 Å². The molecule has 0 aromatic carbocycles. The van der Waals surface area contributed by atoms with Gasteiger partial charge in [-0.25, -0.2) is 4.99 Å². The lowest BCUT2D eigenvalue weighted by molar-refractivity contribution is 0.472. The van der Waals surface area contributed by atoms with Crippen LogP contribution in [0.1, 0.15) is 56.6 Å². The Kier molecular flexibility index (Phi) is 10.8. The van der Waals surface area contributed by atoms with Crippen LogP contribution in [-0.2, 0) is 13.6 Å². The van der Waals surface area contributed by atoms with E-state index in [1.807, 2.05) is 24.6 Å². The van der Waals surface area contributed by atoms with Gasteiger partial charge in [0.05, 0.1) is 0 Å². The Morgan fingerprint density at radius 1 is 1.28 bits per heavy atom. The van der Waals surface area contributed by atoms with Crippen molar-refractivity contribution in [2.75, 3.05) is 13.1 Å². The molecule has 1 aromatic rings. The zero-order valence-corrected chi connectivity index (χ0v) is 18.0. The fourth-order valence-corrected chi connectivity index (χ4v) is 3.15. The fraction of sp³-hybridized carbons (Fsp3) is 0.722. The first-order valence-corrected chi connectivity index (χ1v) is 9.18. The zero-order chi connectivity index (χ0) is 17.2. The number of aryl methyl sites for hydroxylation is 1. The summed E-state index contributed by atoms with van der Waals surface area (Å²) in [5, 5.41) is 14.9. The number of aliphatic imine (C=N–C) groups is 1. The number of nitrogens with one attached hydrogen (secondary N) is 2. The van der Waals surface area contributed by atoms with Crippen molar-refractivity contribution in [2.24, 2.45) is 18.0 Å². The van der Waals surface area contributed by atoms with Crippen LogP contribution < -0.4 is 10.6 Å². The molecule has 2 N–H and O–H groups in total. The fourth-order valence-electron chi connectivity index (χ4n) is 3.15. The minimum atomic E-state index is 0. The first-order valence-electron chi connectivity index (χ1n) is 9.18. The van der Waals surface area contributed by atoms with Gasteiger partial charge < -0.3 is 15.2 Å². The standard InChI is InChI=1S/C18H32N6.HI/c1-4-12-19-18(21-14-17-23-22-15(2)24(17)3)20-13-8-7-11-16-9-5-6-10-16;/h4,16H,1,5-14H2,2-3H3,(H2,19,20,21);1H. The predicted octanol–water partition coefficient (Wildman–Crippen LogP) is 3.32. The van der Waals surface area contributed by atoms with Crippen molar-refractivity contribution in [2.45, 2.75) is 58.4 Å². The molecule has 0 spiro atoms. The van der Waals surface area contributed by atoms with E-state index in [-0.39, 0.29) is 24.0 Å². The summed E-state index contributed by atoms with van der Waals surface area (Å²) < 4.78 is 1.97. The summed E-state index contributed by atoms with van der Waals surface area (Å²) in [6, 6.07) is 0. The lowest BCUT2D eigenvalue weighted by atomic mass is 10.0. The third-order valence-electron chi connectivity index (χ3n) is 4.78. The predicted molar refractivity (Wildman–Crippen MR) is 114 cm³/mol. The molecule has 25 heavy (non-hydrogen) atoms. The van der Waals surface area contributed by atoms with Crippen molar-refractivity contribution in [1.29, 1.82) is 0 Å². The van der Waals surface area contributed by atoms with Crippen molar-refractivity contribution in [1.82, 2.24) is 25.4 Å². The van der Waals surface area contributed by atoms with Crippen molar-refractivity contribution in [3.63, 3.8) is 0 Å². The van der Waals surface area contributed by atoms with Crippen molar-refractivity contribution >= 4 is 29.9 Å². The van der Waals surface area contributed by atoms with Crippen LogP contribution in [0.4, 0.5) is 0 Å². The van der Waals surface area contributed by atoms with Crippen LogP contribution in [0.2, 0.25) is 0 Å². The normalized spacial score (nSPS) is 15.0. The Morgan fingerprint density at radius 3 is 2.68 bits per heavy atom. The van der Waals surface area contributed by atoms with E-state index in [4.69, 9.17) is 0 Å². The zero-order valence-electron chi connectivity index (χ0n) is 15.6. The Hall–Kier alpha value is -1.12. The summed E-state index contributed by atoms with van der Waals surface area (Å²) in [5.74, 6) is 3.57. The van der Waals surface area contributed by atoms with Gasteiger partial charge in [0.15, 0.2) is 11.8 Å². The first-order chi connectivity index (χ1) is 11.7. The smallest absolute Gasteiger partial charge is 0.191 e. The maximum absolute atomic E-state index is 4.60. The molecular weight excluding hydrogens is 427 g/mol. The second-order valence-electron chi connectivity index (χ2n) is 6.63. The third-order valence-corrected chi connectivity index (χ3v) is 4.78. The molecule has 1 aliphatic carbocycles. The molecule has 1 saturated carbocycles. The molecule has 0 amide bonds. The number of unbranched alkanes of at least 4 members (excludes halogenated alkanes) is 1. The molecule has 0 radical (unpaired) electrons. The minimum absolute atomic E-state index is 0. The Bertz CT molecular complexity index is 534. The van der Waals surface area contributed by atoms with E-state index in [9.17, 15) is 0 Å². The number of halogens is 1. The van der Waals surface area contributed by atoms with Gasteiger partial charge in [0.1, 0.15) is 12.4 Å². The minimum Gasteiger partial charge on any atom is -0.356 e.